The lowest BCUT2D eigenvalue weighted by Crippen LogP contribution is -2.20. The second-order valence-electron chi connectivity index (χ2n) is 8.92. The van der Waals surface area contributed by atoms with Gasteiger partial charge in [0.25, 0.3) is 0 Å². The predicted octanol–water partition coefficient (Wildman–Crippen LogP) is 7.56. The van der Waals surface area contributed by atoms with E-state index >= 15 is 0 Å². The second-order valence-corrected chi connectivity index (χ2v) is 8.92. The van der Waals surface area contributed by atoms with Gasteiger partial charge in [-0.25, -0.2) is 13.2 Å². The molecule has 0 bridgehead atoms. The van der Waals surface area contributed by atoms with Gasteiger partial charge in [0, 0.05) is 24.8 Å². The standard InChI is InChI=1S/C29H31F3O3/c1-3-34-18-22-5-4-19(16-27(22)30)17-35-24-12-8-21(9-13-24)26-15-14-25(28(31)29(26)32)20-6-10-23(33-2)11-7-20/h4-5,8-9,12-16,20,23H,3,6-7,10-11,17-18H2,1-2H3. The maximum Gasteiger partial charge on any atom is 0.166 e. The van der Waals surface area contributed by atoms with Crippen molar-refractivity contribution >= 4 is 0 Å². The maximum absolute atomic E-state index is 15.0. The first-order chi connectivity index (χ1) is 17.0. The minimum Gasteiger partial charge on any atom is -0.489 e. The van der Waals surface area contributed by atoms with Crippen LogP contribution in [0.2, 0.25) is 0 Å². The highest BCUT2D eigenvalue weighted by atomic mass is 19.2. The molecule has 4 rings (SSSR count). The van der Waals surface area contributed by atoms with E-state index in [9.17, 15) is 13.2 Å². The van der Waals surface area contributed by atoms with Crippen LogP contribution in [-0.2, 0) is 22.7 Å². The quantitative estimate of drug-likeness (QED) is 0.314. The molecule has 0 N–H and O–H groups in total. The summed E-state index contributed by atoms with van der Waals surface area (Å²) in [5, 5.41) is 0. The van der Waals surface area contributed by atoms with Crippen molar-refractivity contribution in [2.45, 2.75) is 57.8 Å². The molecule has 0 aliphatic heterocycles. The Kier molecular flexibility index (Phi) is 8.47. The van der Waals surface area contributed by atoms with Crippen LogP contribution < -0.4 is 4.74 Å². The van der Waals surface area contributed by atoms with Crippen molar-refractivity contribution in [2.75, 3.05) is 13.7 Å². The zero-order valence-corrected chi connectivity index (χ0v) is 20.2. The summed E-state index contributed by atoms with van der Waals surface area (Å²) in [5.74, 6) is -1.35. The first kappa shape index (κ1) is 25.3. The first-order valence-electron chi connectivity index (χ1n) is 12.1. The topological polar surface area (TPSA) is 27.7 Å². The van der Waals surface area contributed by atoms with Crippen molar-refractivity contribution in [3.8, 4) is 16.9 Å². The Balaban J connectivity index is 1.40. The molecule has 1 saturated carbocycles. The van der Waals surface area contributed by atoms with Gasteiger partial charge in [-0.15, -0.1) is 0 Å². The molecule has 0 atom stereocenters. The zero-order valence-electron chi connectivity index (χ0n) is 20.2. The molecule has 0 aromatic heterocycles. The highest BCUT2D eigenvalue weighted by molar-refractivity contribution is 5.65. The van der Waals surface area contributed by atoms with Crippen molar-refractivity contribution in [3.05, 3.63) is 88.7 Å². The molecule has 186 valence electrons. The van der Waals surface area contributed by atoms with Gasteiger partial charge in [-0.3, -0.25) is 0 Å². The van der Waals surface area contributed by atoms with E-state index in [4.69, 9.17) is 14.2 Å². The minimum atomic E-state index is -0.826. The summed E-state index contributed by atoms with van der Waals surface area (Å²) >= 11 is 0. The summed E-state index contributed by atoms with van der Waals surface area (Å²) in [7, 11) is 1.69. The van der Waals surface area contributed by atoms with Gasteiger partial charge in [-0.2, -0.15) is 0 Å². The van der Waals surface area contributed by atoms with Crippen LogP contribution in [0, 0.1) is 17.5 Å². The summed E-state index contributed by atoms with van der Waals surface area (Å²) in [5.41, 5.74) is 2.42. The van der Waals surface area contributed by atoms with Crippen LogP contribution >= 0.6 is 0 Å². The number of ether oxygens (including phenoxy) is 3. The molecule has 1 aliphatic rings. The monoisotopic (exact) mass is 484 g/mol. The highest BCUT2D eigenvalue weighted by Crippen LogP contribution is 2.37. The van der Waals surface area contributed by atoms with Gasteiger partial charge in [-0.1, -0.05) is 36.4 Å². The van der Waals surface area contributed by atoms with Crippen LogP contribution in [-0.4, -0.2) is 19.8 Å². The lowest BCUT2D eigenvalue weighted by Gasteiger charge is -2.28. The lowest BCUT2D eigenvalue weighted by atomic mass is 9.82. The molecule has 0 unspecified atom stereocenters. The molecule has 3 aromatic carbocycles. The molecule has 1 aliphatic carbocycles. The molecule has 0 amide bonds. The van der Waals surface area contributed by atoms with E-state index in [1.165, 1.54) is 6.07 Å². The second kappa shape index (κ2) is 11.7. The fraction of sp³-hybridized carbons (Fsp3) is 0.379. The Morgan fingerprint density at radius 3 is 2.23 bits per heavy atom. The molecular weight excluding hydrogens is 453 g/mol. The molecule has 3 nitrogen and oxygen atoms in total. The molecule has 6 heteroatoms. The van der Waals surface area contributed by atoms with Crippen LogP contribution in [0.25, 0.3) is 11.1 Å². The van der Waals surface area contributed by atoms with Crippen LogP contribution in [0.1, 0.15) is 55.2 Å². The molecule has 35 heavy (non-hydrogen) atoms. The zero-order chi connectivity index (χ0) is 24.8. The fourth-order valence-electron chi connectivity index (χ4n) is 4.62. The predicted molar refractivity (Wildman–Crippen MR) is 130 cm³/mol. The van der Waals surface area contributed by atoms with Crippen molar-refractivity contribution in [3.63, 3.8) is 0 Å². The summed E-state index contributed by atoms with van der Waals surface area (Å²) in [6.45, 7) is 2.81. The summed E-state index contributed by atoms with van der Waals surface area (Å²) < 4.78 is 60.5. The molecule has 1 fully saturated rings. The number of halogens is 3. The third-order valence-electron chi connectivity index (χ3n) is 6.71. The van der Waals surface area contributed by atoms with Gasteiger partial charge >= 0.3 is 0 Å². The van der Waals surface area contributed by atoms with E-state index in [0.717, 1.165) is 25.7 Å². The molecule has 3 aromatic rings. The van der Waals surface area contributed by atoms with Gasteiger partial charge < -0.3 is 14.2 Å². The largest absolute Gasteiger partial charge is 0.489 e. The first-order valence-corrected chi connectivity index (χ1v) is 12.1. The van der Waals surface area contributed by atoms with E-state index in [-0.39, 0.29) is 36.6 Å². The van der Waals surface area contributed by atoms with E-state index in [2.05, 4.69) is 0 Å². The molecule has 0 spiro atoms. The Bertz CT molecular complexity index is 1120. The number of methoxy groups -OCH3 is 1. The number of hydrogen-bond acceptors (Lipinski definition) is 3. The van der Waals surface area contributed by atoms with E-state index in [1.54, 1.807) is 55.6 Å². The average molecular weight is 485 g/mol. The average Bonchev–Trinajstić information content (AvgIpc) is 2.89. The fourth-order valence-corrected chi connectivity index (χ4v) is 4.62. The van der Waals surface area contributed by atoms with E-state index in [0.29, 0.717) is 34.6 Å². The third-order valence-corrected chi connectivity index (χ3v) is 6.71. The van der Waals surface area contributed by atoms with Crippen molar-refractivity contribution in [1.82, 2.24) is 0 Å². The Hall–Kier alpha value is -2.83. The smallest absolute Gasteiger partial charge is 0.166 e. The Morgan fingerprint density at radius 2 is 1.57 bits per heavy atom. The van der Waals surface area contributed by atoms with E-state index in [1.807, 2.05) is 6.92 Å². The minimum absolute atomic E-state index is 0.0128. The number of hydrogen-bond donors (Lipinski definition) is 0. The van der Waals surface area contributed by atoms with Crippen molar-refractivity contribution < 1.29 is 27.4 Å². The molecule has 0 heterocycles. The SMILES string of the molecule is CCOCc1ccc(COc2ccc(-c3ccc(C4CCC(OC)CC4)c(F)c3F)cc2)cc1F. The van der Waals surface area contributed by atoms with Gasteiger partial charge in [0.2, 0.25) is 0 Å². The Labute approximate surface area is 204 Å². The number of benzene rings is 3. The van der Waals surface area contributed by atoms with Crippen molar-refractivity contribution in [1.29, 1.82) is 0 Å². The molecule has 0 radical (unpaired) electrons. The highest BCUT2D eigenvalue weighted by Gasteiger charge is 2.26. The number of rotatable bonds is 9. The van der Waals surface area contributed by atoms with Crippen LogP contribution in [0.3, 0.4) is 0 Å². The van der Waals surface area contributed by atoms with Gasteiger partial charge in [0.15, 0.2) is 11.6 Å². The maximum atomic E-state index is 15.0. The third kappa shape index (κ3) is 6.06. The van der Waals surface area contributed by atoms with Crippen LogP contribution in [0.4, 0.5) is 13.2 Å². The van der Waals surface area contributed by atoms with Gasteiger partial charge in [0.1, 0.15) is 18.2 Å². The molecular formula is C29H31F3O3. The summed E-state index contributed by atoms with van der Waals surface area (Å²) in [6, 6.07) is 15.1. The Morgan fingerprint density at radius 1 is 0.829 bits per heavy atom. The van der Waals surface area contributed by atoms with Gasteiger partial charge in [-0.05, 0) is 73.4 Å². The molecule has 0 saturated heterocycles. The van der Waals surface area contributed by atoms with E-state index < -0.39 is 11.6 Å². The summed E-state index contributed by atoms with van der Waals surface area (Å²) in [6.07, 6.45) is 3.50. The van der Waals surface area contributed by atoms with Gasteiger partial charge in [0.05, 0.1) is 12.7 Å². The normalized spacial score (nSPS) is 18.0. The van der Waals surface area contributed by atoms with Crippen LogP contribution in [0.15, 0.2) is 54.6 Å². The lowest BCUT2D eigenvalue weighted by molar-refractivity contribution is 0.0655. The van der Waals surface area contributed by atoms with Crippen LogP contribution in [0.5, 0.6) is 5.75 Å². The summed E-state index contributed by atoms with van der Waals surface area (Å²) in [4.78, 5) is 0. The van der Waals surface area contributed by atoms with Crippen molar-refractivity contribution in [2.24, 2.45) is 0 Å².